The molecule has 0 bridgehead atoms. The molecule has 0 atom stereocenters. The number of nitrogens with one attached hydrogen (secondary N) is 1. The van der Waals surface area contributed by atoms with Crippen LogP contribution in [0.5, 0.6) is 0 Å². The maximum absolute atomic E-state index is 10.3. The van der Waals surface area contributed by atoms with Gasteiger partial charge >= 0.3 is 5.97 Å². The third kappa shape index (κ3) is 1.18. The maximum Gasteiger partial charge on any atom is 0.325 e. The first-order valence-electron chi connectivity index (χ1n) is 3.73. The lowest BCUT2D eigenvalue weighted by molar-refractivity contribution is -0.137. The zero-order valence-corrected chi connectivity index (χ0v) is 6.45. The summed E-state index contributed by atoms with van der Waals surface area (Å²) in [6.07, 6.45) is 1.78. The Hall–Kier alpha value is -1.36. The third-order valence-electron chi connectivity index (χ3n) is 1.83. The van der Waals surface area contributed by atoms with Crippen molar-refractivity contribution in [3.8, 4) is 0 Å². The summed E-state index contributed by atoms with van der Waals surface area (Å²) in [6, 6.07) is 0. The molecule has 12 heavy (non-hydrogen) atoms. The zero-order chi connectivity index (χ0) is 8.55. The number of carbonyl (C=O) groups is 1. The Bertz CT molecular complexity index is 297. The van der Waals surface area contributed by atoms with Gasteiger partial charge in [0.05, 0.1) is 5.69 Å². The van der Waals surface area contributed by atoms with E-state index in [0.717, 1.165) is 24.3 Å². The van der Waals surface area contributed by atoms with Crippen LogP contribution in [-0.4, -0.2) is 20.9 Å². The number of hydrogen-bond donors (Lipinski definition) is 2. The van der Waals surface area contributed by atoms with Crippen LogP contribution in [0.25, 0.3) is 0 Å². The van der Waals surface area contributed by atoms with Crippen molar-refractivity contribution in [1.82, 2.24) is 15.1 Å². The number of aliphatic carboxylic acids is 1. The average molecular weight is 167 g/mol. The fraction of sp³-hybridized carbons (Fsp3) is 0.429. The van der Waals surface area contributed by atoms with Gasteiger partial charge in [-0.15, -0.1) is 0 Å². The first kappa shape index (κ1) is 7.30. The van der Waals surface area contributed by atoms with Gasteiger partial charge in [0.2, 0.25) is 0 Å². The molecule has 0 fully saturated rings. The third-order valence-corrected chi connectivity index (χ3v) is 1.83. The lowest BCUT2D eigenvalue weighted by Gasteiger charge is -1.95. The average Bonchev–Trinajstić information content (AvgIpc) is 2.43. The fourth-order valence-corrected chi connectivity index (χ4v) is 1.33. The molecule has 2 N–H and O–H groups in total. The van der Waals surface area contributed by atoms with Crippen LogP contribution in [0.2, 0.25) is 0 Å². The first-order valence-corrected chi connectivity index (χ1v) is 3.73. The topological polar surface area (TPSA) is 67.1 Å². The van der Waals surface area contributed by atoms with E-state index in [9.17, 15) is 4.79 Å². The second-order valence-corrected chi connectivity index (χ2v) is 2.80. The number of carboxylic acid groups (broad SMARTS) is 1. The van der Waals surface area contributed by atoms with Crippen LogP contribution in [-0.2, 0) is 24.4 Å². The predicted molar refractivity (Wildman–Crippen MR) is 40.4 cm³/mol. The molecule has 0 aromatic carbocycles. The van der Waals surface area contributed by atoms with E-state index in [2.05, 4.69) is 10.4 Å². The largest absolute Gasteiger partial charge is 0.480 e. The van der Waals surface area contributed by atoms with Gasteiger partial charge in [-0.25, -0.2) is 0 Å². The summed E-state index contributed by atoms with van der Waals surface area (Å²) in [5.74, 6) is -0.857. The van der Waals surface area contributed by atoms with Gasteiger partial charge in [0.25, 0.3) is 0 Å². The Morgan fingerprint density at radius 3 is 3.25 bits per heavy atom. The van der Waals surface area contributed by atoms with E-state index in [4.69, 9.17) is 5.11 Å². The van der Waals surface area contributed by atoms with Crippen LogP contribution in [0.4, 0.5) is 0 Å². The van der Waals surface area contributed by atoms with E-state index in [-0.39, 0.29) is 6.54 Å². The molecule has 0 saturated heterocycles. The van der Waals surface area contributed by atoms with Crippen LogP contribution < -0.4 is 5.32 Å². The monoisotopic (exact) mass is 167 g/mol. The van der Waals surface area contributed by atoms with Crippen molar-refractivity contribution in [2.24, 2.45) is 0 Å². The van der Waals surface area contributed by atoms with Crippen molar-refractivity contribution in [1.29, 1.82) is 0 Å². The van der Waals surface area contributed by atoms with Gasteiger partial charge in [-0.05, 0) is 0 Å². The van der Waals surface area contributed by atoms with Gasteiger partial charge in [-0.3, -0.25) is 9.48 Å². The summed E-state index contributed by atoms with van der Waals surface area (Å²) in [6.45, 7) is 1.50. The highest BCUT2D eigenvalue weighted by atomic mass is 16.4. The van der Waals surface area contributed by atoms with Crippen LogP contribution in [0.15, 0.2) is 6.20 Å². The van der Waals surface area contributed by atoms with Gasteiger partial charge in [0.15, 0.2) is 0 Å². The van der Waals surface area contributed by atoms with E-state index in [0.29, 0.717) is 0 Å². The Morgan fingerprint density at radius 1 is 1.75 bits per heavy atom. The SMILES string of the molecule is O=C(O)Cn1cc2c(n1)CNC2. The minimum Gasteiger partial charge on any atom is -0.480 e. The Labute approximate surface area is 69.0 Å². The highest BCUT2D eigenvalue weighted by Gasteiger charge is 2.14. The molecule has 0 saturated carbocycles. The Kier molecular flexibility index (Phi) is 1.58. The molecule has 0 radical (unpaired) electrons. The lowest BCUT2D eigenvalue weighted by atomic mass is 10.3. The van der Waals surface area contributed by atoms with Crippen molar-refractivity contribution in [3.63, 3.8) is 0 Å². The van der Waals surface area contributed by atoms with Gasteiger partial charge in [0, 0.05) is 24.8 Å². The van der Waals surface area contributed by atoms with Crippen LogP contribution in [0.3, 0.4) is 0 Å². The highest BCUT2D eigenvalue weighted by molar-refractivity contribution is 5.66. The summed E-state index contributed by atoms with van der Waals surface area (Å²) < 4.78 is 1.47. The summed E-state index contributed by atoms with van der Waals surface area (Å²) in [5.41, 5.74) is 2.08. The van der Waals surface area contributed by atoms with Crippen LogP contribution >= 0.6 is 0 Å². The van der Waals surface area contributed by atoms with Crippen molar-refractivity contribution in [2.75, 3.05) is 0 Å². The number of hydrogen-bond acceptors (Lipinski definition) is 3. The molecular formula is C7H9N3O2. The summed E-state index contributed by atoms with van der Waals surface area (Å²) in [7, 11) is 0. The smallest absolute Gasteiger partial charge is 0.325 e. The first-order chi connectivity index (χ1) is 5.75. The summed E-state index contributed by atoms with van der Waals surface area (Å²) >= 11 is 0. The number of carboxylic acids is 1. The Balaban J connectivity index is 2.20. The molecule has 0 unspecified atom stereocenters. The molecule has 1 aromatic rings. The summed E-state index contributed by atoms with van der Waals surface area (Å²) in [4.78, 5) is 10.3. The molecule has 1 aliphatic heterocycles. The minimum absolute atomic E-state index is 0.0486. The normalized spacial score (nSPS) is 14.7. The van der Waals surface area contributed by atoms with E-state index in [1.54, 1.807) is 6.20 Å². The molecular weight excluding hydrogens is 158 g/mol. The summed E-state index contributed by atoms with van der Waals surface area (Å²) in [5, 5.41) is 15.7. The second kappa shape index (κ2) is 2.60. The molecule has 64 valence electrons. The number of aromatic nitrogens is 2. The molecule has 0 spiro atoms. The number of rotatable bonds is 2. The van der Waals surface area contributed by atoms with E-state index < -0.39 is 5.97 Å². The van der Waals surface area contributed by atoms with E-state index in [1.165, 1.54) is 4.68 Å². The predicted octanol–water partition coefficient (Wildman–Crippen LogP) is -0.429. The zero-order valence-electron chi connectivity index (χ0n) is 6.45. The van der Waals surface area contributed by atoms with Crippen molar-refractivity contribution in [3.05, 3.63) is 17.5 Å². The van der Waals surface area contributed by atoms with Gasteiger partial charge in [0.1, 0.15) is 6.54 Å². The molecule has 0 amide bonds. The van der Waals surface area contributed by atoms with E-state index >= 15 is 0 Å². The molecule has 1 aliphatic rings. The standard InChI is InChI=1S/C7H9N3O2/c11-7(12)4-10-3-5-1-8-2-6(5)9-10/h3,8H,1-2,4H2,(H,11,12). The van der Waals surface area contributed by atoms with Crippen LogP contribution in [0, 0.1) is 0 Å². The lowest BCUT2D eigenvalue weighted by Crippen LogP contribution is -2.11. The molecule has 2 heterocycles. The molecule has 5 heteroatoms. The quantitative estimate of drug-likeness (QED) is 0.627. The van der Waals surface area contributed by atoms with Crippen molar-refractivity contribution < 1.29 is 9.90 Å². The molecule has 2 rings (SSSR count). The van der Waals surface area contributed by atoms with Crippen molar-refractivity contribution >= 4 is 5.97 Å². The van der Waals surface area contributed by atoms with Gasteiger partial charge < -0.3 is 10.4 Å². The fourth-order valence-electron chi connectivity index (χ4n) is 1.33. The molecule has 0 aliphatic carbocycles. The van der Waals surface area contributed by atoms with Gasteiger partial charge in [-0.2, -0.15) is 5.10 Å². The van der Waals surface area contributed by atoms with Gasteiger partial charge in [-0.1, -0.05) is 0 Å². The maximum atomic E-state index is 10.3. The van der Waals surface area contributed by atoms with Crippen molar-refractivity contribution in [2.45, 2.75) is 19.6 Å². The molecule has 5 nitrogen and oxygen atoms in total. The molecule has 1 aromatic heterocycles. The van der Waals surface area contributed by atoms with Crippen LogP contribution in [0.1, 0.15) is 11.3 Å². The number of nitrogens with zero attached hydrogens (tertiary/aromatic N) is 2. The highest BCUT2D eigenvalue weighted by Crippen LogP contribution is 2.12. The Morgan fingerprint density at radius 2 is 2.58 bits per heavy atom. The minimum atomic E-state index is -0.857. The number of fused-ring (bicyclic) bond motifs is 1. The second-order valence-electron chi connectivity index (χ2n) is 2.80. The van der Waals surface area contributed by atoms with E-state index in [1.807, 2.05) is 0 Å².